The number of esters is 1. The first-order valence-electron chi connectivity index (χ1n) is 9.28. The zero-order valence-corrected chi connectivity index (χ0v) is 19.8. The quantitative estimate of drug-likeness (QED) is 0.361. The highest BCUT2D eigenvalue weighted by atomic mass is 79.9. The molecule has 3 aromatic rings. The third-order valence-electron chi connectivity index (χ3n) is 5.23. The molecule has 8 heteroatoms. The summed E-state index contributed by atoms with van der Waals surface area (Å²) >= 11 is 8.94. The number of hydrogen-bond acceptors (Lipinski definition) is 6. The number of hydrogen-bond donors (Lipinski definition) is 0. The maximum Gasteiger partial charge on any atom is 0.337 e. The largest absolute Gasteiger partial charge is 0.465 e. The molecular formula is C22H16Br2N2O3S. The van der Waals surface area contributed by atoms with Crippen LogP contribution in [0.25, 0.3) is 0 Å². The number of methoxy groups -OCH3 is 1. The standard InChI is InChI=1S/C22H16Br2N2O3S/c1-28-22(27)13-6-4-12(5-7-13)21-26-18(11-17(25-26)19-3-2-8-30-19)15-9-14(23)10-16(24)20(15)29-21/h2-10,18,21H,11H2,1H3/t18-,21-/m1/s1. The van der Waals surface area contributed by atoms with Crippen LogP contribution >= 0.6 is 43.2 Å². The van der Waals surface area contributed by atoms with Gasteiger partial charge in [0.05, 0.1) is 33.8 Å². The number of carbonyl (C=O) groups is 1. The van der Waals surface area contributed by atoms with Gasteiger partial charge in [-0.2, -0.15) is 5.10 Å². The van der Waals surface area contributed by atoms with Crippen LogP contribution in [0, 0.1) is 0 Å². The lowest BCUT2D eigenvalue weighted by Crippen LogP contribution is -2.34. The monoisotopic (exact) mass is 546 g/mol. The molecule has 5 nitrogen and oxygen atoms in total. The predicted molar refractivity (Wildman–Crippen MR) is 123 cm³/mol. The van der Waals surface area contributed by atoms with Gasteiger partial charge in [-0.15, -0.1) is 11.3 Å². The number of hydrazone groups is 1. The Bertz CT molecular complexity index is 1150. The van der Waals surface area contributed by atoms with Crippen molar-refractivity contribution in [2.75, 3.05) is 7.11 Å². The van der Waals surface area contributed by atoms with Crippen molar-refractivity contribution in [1.82, 2.24) is 5.01 Å². The molecule has 30 heavy (non-hydrogen) atoms. The van der Waals surface area contributed by atoms with Crippen LogP contribution in [0.4, 0.5) is 0 Å². The van der Waals surface area contributed by atoms with E-state index in [1.807, 2.05) is 29.3 Å². The number of thiophene rings is 1. The fourth-order valence-corrected chi connectivity index (χ4v) is 5.90. The highest BCUT2D eigenvalue weighted by Crippen LogP contribution is 2.51. The Hall–Kier alpha value is -2.16. The SMILES string of the molecule is COC(=O)c1ccc([C@H]2Oc3c(Br)cc(Br)cc3[C@H]3CC(c4cccs4)=NN32)cc1. The second kappa shape index (κ2) is 7.83. The molecule has 0 radical (unpaired) electrons. The summed E-state index contributed by atoms with van der Waals surface area (Å²) in [7, 11) is 1.38. The van der Waals surface area contributed by atoms with E-state index in [9.17, 15) is 4.79 Å². The lowest BCUT2D eigenvalue weighted by atomic mass is 9.97. The Balaban J connectivity index is 1.59. The predicted octanol–water partition coefficient (Wildman–Crippen LogP) is 6.30. The maximum absolute atomic E-state index is 11.8. The average molecular weight is 548 g/mol. The van der Waals surface area contributed by atoms with Crippen LogP contribution in [0.3, 0.4) is 0 Å². The van der Waals surface area contributed by atoms with E-state index in [0.29, 0.717) is 5.56 Å². The molecule has 0 aliphatic carbocycles. The van der Waals surface area contributed by atoms with Crippen LogP contribution in [0.15, 0.2) is 68.0 Å². The molecule has 2 aliphatic heterocycles. The van der Waals surface area contributed by atoms with Gasteiger partial charge < -0.3 is 9.47 Å². The highest BCUT2D eigenvalue weighted by Gasteiger charge is 2.42. The Labute approximate surface area is 194 Å². The van der Waals surface area contributed by atoms with Crippen LogP contribution in [-0.2, 0) is 4.74 Å². The van der Waals surface area contributed by atoms with E-state index in [1.165, 1.54) is 12.0 Å². The van der Waals surface area contributed by atoms with Crippen molar-refractivity contribution in [2.24, 2.45) is 5.10 Å². The molecule has 1 aromatic heterocycles. The maximum atomic E-state index is 11.8. The molecule has 0 N–H and O–H groups in total. The summed E-state index contributed by atoms with van der Waals surface area (Å²) < 4.78 is 13.1. The van der Waals surface area contributed by atoms with Crippen LogP contribution in [0.5, 0.6) is 5.75 Å². The van der Waals surface area contributed by atoms with E-state index >= 15 is 0 Å². The minimum Gasteiger partial charge on any atom is -0.465 e. The van der Waals surface area contributed by atoms with Crippen LogP contribution < -0.4 is 4.74 Å². The number of ether oxygens (including phenoxy) is 2. The average Bonchev–Trinajstić information content (AvgIpc) is 3.43. The smallest absolute Gasteiger partial charge is 0.337 e. The number of nitrogens with zero attached hydrogens (tertiary/aromatic N) is 2. The van der Waals surface area contributed by atoms with Gasteiger partial charge in [-0.25, -0.2) is 9.80 Å². The molecule has 0 fully saturated rings. The first kappa shape index (κ1) is 19.8. The number of carbonyl (C=O) groups excluding carboxylic acids is 1. The summed E-state index contributed by atoms with van der Waals surface area (Å²) in [5.74, 6) is 0.463. The summed E-state index contributed by atoms with van der Waals surface area (Å²) in [4.78, 5) is 13.0. The van der Waals surface area contributed by atoms with Gasteiger partial charge in [-0.3, -0.25) is 0 Å². The zero-order chi connectivity index (χ0) is 20.8. The van der Waals surface area contributed by atoms with Crippen LogP contribution in [0.1, 0.15) is 45.1 Å². The molecule has 3 heterocycles. The lowest BCUT2D eigenvalue weighted by molar-refractivity contribution is -0.0197. The molecule has 0 saturated carbocycles. The summed E-state index contributed by atoms with van der Waals surface area (Å²) in [6.45, 7) is 0. The molecule has 2 aliphatic rings. The van der Waals surface area contributed by atoms with Gasteiger partial charge in [0.1, 0.15) is 5.75 Å². The first-order valence-corrected chi connectivity index (χ1v) is 11.8. The van der Waals surface area contributed by atoms with Gasteiger partial charge in [-0.1, -0.05) is 34.1 Å². The minimum atomic E-state index is -0.399. The Morgan fingerprint density at radius 2 is 2.03 bits per heavy atom. The number of fused-ring (bicyclic) bond motifs is 3. The van der Waals surface area contributed by atoms with Crippen molar-refractivity contribution in [1.29, 1.82) is 0 Å². The summed E-state index contributed by atoms with van der Waals surface area (Å²) in [5, 5.41) is 9.05. The van der Waals surface area contributed by atoms with Gasteiger partial charge in [0.25, 0.3) is 0 Å². The van der Waals surface area contributed by atoms with Crippen molar-refractivity contribution in [3.8, 4) is 5.75 Å². The van der Waals surface area contributed by atoms with E-state index in [2.05, 4.69) is 49.4 Å². The van der Waals surface area contributed by atoms with E-state index in [4.69, 9.17) is 14.6 Å². The third-order valence-corrected chi connectivity index (χ3v) is 7.20. The molecule has 0 spiro atoms. The Morgan fingerprint density at radius 1 is 1.23 bits per heavy atom. The van der Waals surface area contributed by atoms with Gasteiger partial charge in [0.15, 0.2) is 0 Å². The Kier molecular flexibility index (Phi) is 5.16. The fraction of sp³-hybridized carbons (Fsp3) is 0.182. The minimum absolute atomic E-state index is 0.0601. The number of halogens is 2. The summed E-state index contributed by atoms with van der Waals surface area (Å²) in [5.41, 5.74) is 3.57. The molecule has 0 bridgehead atoms. The van der Waals surface area contributed by atoms with Crippen LogP contribution in [-0.4, -0.2) is 23.8 Å². The van der Waals surface area contributed by atoms with Crippen molar-refractivity contribution in [3.05, 3.63) is 84.4 Å². The third kappa shape index (κ3) is 3.36. The van der Waals surface area contributed by atoms with E-state index in [0.717, 1.165) is 38.0 Å². The fourth-order valence-electron chi connectivity index (χ4n) is 3.83. The van der Waals surface area contributed by atoms with Crippen molar-refractivity contribution < 1.29 is 14.3 Å². The lowest BCUT2D eigenvalue weighted by Gasteiger charge is -2.38. The van der Waals surface area contributed by atoms with Gasteiger partial charge in [0.2, 0.25) is 6.23 Å². The molecule has 2 aromatic carbocycles. The topological polar surface area (TPSA) is 51.1 Å². The molecule has 2 atom stereocenters. The molecule has 0 unspecified atom stereocenters. The molecule has 0 amide bonds. The van der Waals surface area contributed by atoms with Gasteiger partial charge >= 0.3 is 5.97 Å². The van der Waals surface area contributed by atoms with Crippen molar-refractivity contribution in [3.63, 3.8) is 0 Å². The van der Waals surface area contributed by atoms with Gasteiger partial charge in [-0.05, 0) is 51.6 Å². The molecule has 0 saturated heterocycles. The Morgan fingerprint density at radius 3 is 2.73 bits per heavy atom. The normalized spacial score (nSPS) is 19.6. The molecule has 5 rings (SSSR count). The zero-order valence-electron chi connectivity index (χ0n) is 15.8. The summed E-state index contributed by atoms with van der Waals surface area (Å²) in [6.07, 6.45) is 0.403. The van der Waals surface area contributed by atoms with Crippen molar-refractivity contribution in [2.45, 2.75) is 18.7 Å². The first-order chi connectivity index (χ1) is 14.5. The van der Waals surface area contributed by atoms with Crippen molar-refractivity contribution >= 4 is 54.9 Å². The van der Waals surface area contributed by atoms with E-state index in [1.54, 1.807) is 23.5 Å². The van der Waals surface area contributed by atoms with E-state index in [-0.39, 0.29) is 12.0 Å². The number of rotatable bonds is 3. The molecule has 152 valence electrons. The summed E-state index contributed by atoms with van der Waals surface area (Å²) in [6, 6.07) is 15.6. The second-order valence-corrected chi connectivity index (χ2v) is 9.73. The van der Waals surface area contributed by atoms with Crippen LogP contribution in [0.2, 0.25) is 0 Å². The second-order valence-electron chi connectivity index (χ2n) is 7.01. The number of benzene rings is 2. The highest BCUT2D eigenvalue weighted by molar-refractivity contribution is 9.11. The van der Waals surface area contributed by atoms with E-state index < -0.39 is 6.23 Å². The molecular weight excluding hydrogens is 532 g/mol. The van der Waals surface area contributed by atoms with Gasteiger partial charge in [0, 0.05) is 22.0 Å².